The number of halogens is 1. The monoisotopic (exact) mass is 255 g/mol. The second-order valence-corrected chi connectivity index (χ2v) is 3.82. The number of aryl methyl sites for hydroxylation is 1. The van der Waals surface area contributed by atoms with E-state index in [0.717, 1.165) is 17.3 Å². The Morgan fingerprint density at radius 2 is 2.14 bits per heavy atom. The first-order valence-corrected chi connectivity index (χ1v) is 5.59. The lowest BCUT2D eigenvalue weighted by Crippen LogP contribution is -2.14. The summed E-state index contributed by atoms with van der Waals surface area (Å²) in [4.78, 5) is 11.4. The van der Waals surface area contributed by atoms with Crippen LogP contribution in [0, 0.1) is 0 Å². The van der Waals surface area contributed by atoms with E-state index in [1.807, 2.05) is 18.2 Å². The van der Waals surface area contributed by atoms with Gasteiger partial charge in [-0.25, -0.2) is 4.79 Å². The molecule has 0 aliphatic carbocycles. The summed E-state index contributed by atoms with van der Waals surface area (Å²) in [5.41, 5.74) is 1.53. The van der Waals surface area contributed by atoms with Gasteiger partial charge in [-0.2, -0.15) is 0 Å². The second-order valence-electron chi connectivity index (χ2n) is 3.03. The summed E-state index contributed by atoms with van der Waals surface area (Å²) in [5, 5.41) is 0.888. The fourth-order valence-electron chi connectivity index (χ4n) is 1.44. The summed E-state index contributed by atoms with van der Waals surface area (Å²) >= 11 is 3.34. The highest BCUT2D eigenvalue weighted by Crippen LogP contribution is 2.11. The molecule has 0 bridgehead atoms. The lowest BCUT2D eigenvalue weighted by atomic mass is 10.3. The van der Waals surface area contributed by atoms with E-state index in [2.05, 4.69) is 15.9 Å². The van der Waals surface area contributed by atoms with Crippen LogP contribution in [-0.4, -0.2) is 9.90 Å². The van der Waals surface area contributed by atoms with Gasteiger partial charge >= 0.3 is 5.76 Å². The molecule has 14 heavy (non-hydrogen) atoms. The van der Waals surface area contributed by atoms with E-state index in [1.54, 1.807) is 10.6 Å². The van der Waals surface area contributed by atoms with Gasteiger partial charge in [0.15, 0.2) is 5.58 Å². The van der Waals surface area contributed by atoms with Crippen LogP contribution in [0.25, 0.3) is 11.1 Å². The van der Waals surface area contributed by atoms with Crippen molar-refractivity contribution < 1.29 is 4.42 Å². The van der Waals surface area contributed by atoms with E-state index < -0.39 is 0 Å². The fraction of sp³-hybridized carbons (Fsp3) is 0.300. The van der Waals surface area contributed by atoms with Gasteiger partial charge < -0.3 is 4.42 Å². The highest BCUT2D eigenvalue weighted by Gasteiger charge is 2.06. The van der Waals surface area contributed by atoms with E-state index in [4.69, 9.17) is 4.42 Å². The number of nitrogens with zero attached hydrogens (tertiary/aromatic N) is 1. The molecule has 0 atom stereocenters. The molecule has 2 aromatic rings. The molecule has 1 aromatic carbocycles. The van der Waals surface area contributed by atoms with E-state index in [-0.39, 0.29) is 5.76 Å². The third-order valence-electron chi connectivity index (χ3n) is 2.09. The molecule has 0 aliphatic rings. The Labute approximate surface area is 89.5 Å². The topological polar surface area (TPSA) is 35.1 Å². The quantitative estimate of drug-likeness (QED) is 0.790. The van der Waals surface area contributed by atoms with Crippen molar-refractivity contribution in [3.05, 3.63) is 34.8 Å². The van der Waals surface area contributed by atoms with Gasteiger partial charge in [0.05, 0.1) is 5.52 Å². The van der Waals surface area contributed by atoms with Crippen molar-refractivity contribution in [3.8, 4) is 0 Å². The van der Waals surface area contributed by atoms with E-state index >= 15 is 0 Å². The molecule has 3 nitrogen and oxygen atoms in total. The predicted octanol–water partition coefficient (Wildman–Crippen LogP) is 2.38. The van der Waals surface area contributed by atoms with Gasteiger partial charge in [0, 0.05) is 11.9 Å². The maximum atomic E-state index is 11.4. The molecule has 0 N–H and O–H groups in total. The molecule has 0 spiro atoms. The van der Waals surface area contributed by atoms with Crippen molar-refractivity contribution in [2.24, 2.45) is 0 Å². The number of hydrogen-bond donors (Lipinski definition) is 0. The standard InChI is InChI=1S/C10H10BrNO2/c11-6-3-7-12-8-4-1-2-5-9(8)14-10(12)13/h1-2,4-5H,3,6-7H2. The summed E-state index contributed by atoms with van der Waals surface area (Å²) < 4.78 is 6.75. The van der Waals surface area contributed by atoms with Crippen LogP contribution in [0.1, 0.15) is 6.42 Å². The Hall–Kier alpha value is -1.03. The normalized spacial score (nSPS) is 10.9. The number of fused-ring (bicyclic) bond motifs is 1. The number of hydrogen-bond acceptors (Lipinski definition) is 2. The highest BCUT2D eigenvalue weighted by atomic mass is 79.9. The zero-order chi connectivity index (χ0) is 9.97. The van der Waals surface area contributed by atoms with Crippen LogP contribution in [0.4, 0.5) is 0 Å². The van der Waals surface area contributed by atoms with E-state index in [0.29, 0.717) is 12.1 Å². The Kier molecular flexibility index (Phi) is 2.72. The van der Waals surface area contributed by atoms with Crippen molar-refractivity contribution in [3.63, 3.8) is 0 Å². The molecular weight excluding hydrogens is 246 g/mol. The third-order valence-corrected chi connectivity index (χ3v) is 2.65. The van der Waals surface area contributed by atoms with Crippen LogP contribution in [0.2, 0.25) is 0 Å². The van der Waals surface area contributed by atoms with Gasteiger partial charge in [-0.1, -0.05) is 28.1 Å². The summed E-state index contributed by atoms with van der Waals surface area (Å²) in [7, 11) is 0. The average molecular weight is 256 g/mol. The Balaban J connectivity index is 2.51. The van der Waals surface area contributed by atoms with Crippen LogP contribution in [-0.2, 0) is 6.54 Å². The van der Waals surface area contributed by atoms with Crippen molar-refractivity contribution in [1.82, 2.24) is 4.57 Å². The number of rotatable bonds is 3. The minimum absolute atomic E-state index is 0.271. The summed E-state index contributed by atoms with van der Waals surface area (Å²) in [6.07, 6.45) is 0.920. The van der Waals surface area contributed by atoms with Gasteiger partial charge in [-0.3, -0.25) is 4.57 Å². The third kappa shape index (κ3) is 1.62. The maximum absolute atomic E-state index is 11.4. The van der Waals surface area contributed by atoms with E-state index in [9.17, 15) is 4.79 Å². The molecule has 0 radical (unpaired) electrons. The molecule has 0 fully saturated rings. The number of benzene rings is 1. The summed E-state index contributed by atoms with van der Waals surface area (Å²) in [6, 6.07) is 7.47. The number of para-hydroxylation sites is 2. The minimum atomic E-state index is -0.271. The maximum Gasteiger partial charge on any atom is 0.419 e. The summed E-state index contributed by atoms with van der Waals surface area (Å²) in [5.74, 6) is -0.271. The molecule has 4 heteroatoms. The molecular formula is C10H10BrNO2. The average Bonchev–Trinajstić information content (AvgIpc) is 2.51. The molecule has 74 valence electrons. The lowest BCUT2D eigenvalue weighted by molar-refractivity contribution is 0.503. The van der Waals surface area contributed by atoms with Crippen LogP contribution >= 0.6 is 15.9 Å². The van der Waals surface area contributed by atoms with Crippen LogP contribution in [0.3, 0.4) is 0 Å². The van der Waals surface area contributed by atoms with Gasteiger partial charge in [0.1, 0.15) is 0 Å². The van der Waals surface area contributed by atoms with Crippen LogP contribution in [0.5, 0.6) is 0 Å². The number of alkyl halides is 1. The zero-order valence-electron chi connectivity index (χ0n) is 7.57. The highest BCUT2D eigenvalue weighted by molar-refractivity contribution is 9.09. The summed E-state index contributed by atoms with van der Waals surface area (Å²) in [6.45, 7) is 0.696. The molecule has 1 aromatic heterocycles. The molecule has 0 unspecified atom stereocenters. The molecule has 0 aliphatic heterocycles. The van der Waals surface area contributed by atoms with Gasteiger partial charge in [0.2, 0.25) is 0 Å². The molecule has 0 saturated heterocycles. The largest absolute Gasteiger partial charge is 0.419 e. The first-order chi connectivity index (χ1) is 6.83. The Bertz CT molecular complexity index is 486. The van der Waals surface area contributed by atoms with Gasteiger partial charge in [-0.05, 0) is 18.6 Å². The van der Waals surface area contributed by atoms with Gasteiger partial charge in [-0.15, -0.1) is 0 Å². The van der Waals surface area contributed by atoms with Crippen molar-refractivity contribution in [2.45, 2.75) is 13.0 Å². The van der Waals surface area contributed by atoms with Gasteiger partial charge in [0.25, 0.3) is 0 Å². The fourth-order valence-corrected chi connectivity index (χ4v) is 1.69. The smallest absolute Gasteiger partial charge is 0.408 e. The predicted molar refractivity (Wildman–Crippen MR) is 58.9 cm³/mol. The van der Waals surface area contributed by atoms with Crippen LogP contribution in [0.15, 0.2) is 33.5 Å². The minimum Gasteiger partial charge on any atom is -0.408 e. The lowest BCUT2D eigenvalue weighted by Gasteiger charge is -1.98. The van der Waals surface area contributed by atoms with Crippen molar-refractivity contribution >= 4 is 27.0 Å². The Morgan fingerprint density at radius 1 is 1.36 bits per heavy atom. The van der Waals surface area contributed by atoms with Crippen molar-refractivity contribution in [1.29, 1.82) is 0 Å². The molecule has 0 amide bonds. The molecule has 0 saturated carbocycles. The molecule has 1 heterocycles. The Morgan fingerprint density at radius 3 is 2.93 bits per heavy atom. The molecule has 2 rings (SSSR count). The van der Waals surface area contributed by atoms with Crippen molar-refractivity contribution in [2.75, 3.05) is 5.33 Å². The first kappa shape index (κ1) is 9.52. The number of oxazole rings is 1. The number of aromatic nitrogens is 1. The zero-order valence-corrected chi connectivity index (χ0v) is 9.16. The second kappa shape index (κ2) is 4.00. The van der Waals surface area contributed by atoms with E-state index in [1.165, 1.54) is 0 Å². The first-order valence-electron chi connectivity index (χ1n) is 4.47. The SMILES string of the molecule is O=c1oc2ccccc2n1CCCBr. The van der Waals surface area contributed by atoms with Crippen LogP contribution < -0.4 is 5.76 Å².